The van der Waals surface area contributed by atoms with Crippen LogP contribution >= 0.6 is 0 Å². The minimum absolute atomic E-state index is 0.0327. The van der Waals surface area contributed by atoms with Crippen molar-refractivity contribution in [2.24, 2.45) is 0 Å². The monoisotopic (exact) mass is 365 g/mol. The van der Waals surface area contributed by atoms with E-state index in [0.29, 0.717) is 23.3 Å². The molecule has 1 aromatic heterocycles. The molecule has 3 rings (SSSR count). The maximum absolute atomic E-state index is 13.1. The number of hydrogen-bond acceptors (Lipinski definition) is 3. The van der Waals surface area contributed by atoms with Crippen LogP contribution in [-0.2, 0) is 11.3 Å². The number of carboxylic acid groups (broad SMARTS) is 1. The normalized spacial score (nSPS) is 10.9. The number of methoxy groups -OCH3 is 1. The summed E-state index contributed by atoms with van der Waals surface area (Å²) in [5, 5.41) is 9.66. The molecule has 0 radical (unpaired) electrons. The smallest absolute Gasteiger partial charge is 0.303 e. The Kier molecular flexibility index (Phi) is 5.91. The zero-order valence-electron chi connectivity index (χ0n) is 15.4. The van der Waals surface area contributed by atoms with Crippen LogP contribution in [-0.4, -0.2) is 28.5 Å². The van der Waals surface area contributed by atoms with Crippen LogP contribution in [0.1, 0.15) is 41.6 Å². The van der Waals surface area contributed by atoms with Gasteiger partial charge in [-0.25, -0.2) is 0 Å². The van der Waals surface area contributed by atoms with Crippen LogP contribution in [0.3, 0.4) is 0 Å². The Hall–Kier alpha value is -3.08. The second-order valence-electron chi connectivity index (χ2n) is 6.52. The predicted octanol–water partition coefficient (Wildman–Crippen LogP) is 4.53. The van der Waals surface area contributed by atoms with Crippen molar-refractivity contribution < 1.29 is 19.4 Å². The third-order valence-corrected chi connectivity index (χ3v) is 4.65. The summed E-state index contributed by atoms with van der Waals surface area (Å²) in [6, 6.07) is 15.0. The van der Waals surface area contributed by atoms with Gasteiger partial charge in [0.05, 0.1) is 7.11 Å². The molecule has 0 aliphatic rings. The number of unbranched alkanes of at least 4 members (excludes halogenated alkanes) is 2. The molecule has 5 nitrogen and oxygen atoms in total. The van der Waals surface area contributed by atoms with Gasteiger partial charge in [0, 0.05) is 41.2 Å². The number of ether oxygens (including phenoxy) is 1. The number of carbonyl (C=O) groups excluding carboxylic acids is 1. The molecule has 3 aromatic rings. The van der Waals surface area contributed by atoms with Crippen LogP contribution < -0.4 is 4.74 Å². The molecule has 0 atom stereocenters. The summed E-state index contributed by atoms with van der Waals surface area (Å²) in [7, 11) is 1.58. The molecule has 0 bridgehead atoms. The number of rotatable bonds is 9. The summed E-state index contributed by atoms with van der Waals surface area (Å²) in [6.07, 6.45) is 4.50. The van der Waals surface area contributed by atoms with Gasteiger partial charge >= 0.3 is 5.97 Å². The van der Waals surface area contributed by atoms with Crippen molar-refractivity contribution in [3.63, 3.8) is 0 Å². The largest absolute Gasteiger partial charge is 0.497 e. The van der Waals surface area contributed by atoms with Gasteiger partial charge in [-0.15, -0.1) is 0 Å². The summed E-state index contributed by atoms with van der Waals surface area (Å²) in [4.78, 5) is 23.7. The molecule has 0 saturated heterocycles. The van der Waals surface area contributed by atoms with Gasteiger partial charge in [0.2, 0.25) is 0 Å². The van der Waals surface area contributed by atoms with Crippen LogP contribution in [0, 0.1) is 0 Å². The Morgan fingerprint density at radius 3 is 2.63 bits per heavy atom. The number of aromatic nitrogens is 1. The maximum atomic E-state index is 13.1. The van der Waals surface area contributed by atoms with Crippen molar-refractivity contribution in [3.05, 3.63) is 65.9 Å². The summed E-state index contributed by atoms with van der Waals surface area (Å²) >= 11 is 0. The molecule has 27 heavy (non-hydrogen) atoms. The SMILES string of the molecule is COc1cccc(C(=O)c2cn(CCCCCC(=O)O)c3ccccc23)c1. The highest BCUT2D eigenvalue weighted by molar-refractivity contribution is 6.16. The molecule has 140 valence electrons. The number of hydrogen-bond donors (Lipinski definition) is 1. The molecule has 0 aliphatic heterocycles. The van der Waals surface area contributed by atoms with E-state index >= 15 is 0 Å². The number of benzene rings is 2. The lowest BCUT2D eigenvalue weighted by Crippen LogP contribution is -2.01. The van der Waals surface area contributed by atoms with Gasteiger partial charge < -0.3 is 14.4 Å². The van der Waals surface area contributed by atoms with Crippen molar-refractivity contribution in [1.82, 2.24) is 4.57 Å². The van der Waals surface area contributed by atoms with Gasteiger partial charge in [0.1, 0.15) is 5.75 Å². The van der Waals surface area contributed by atoms with E-state index < -0.39 is 5.97 Å². The number of nitrogens with zero attached hydrogens (tertiary/aromatic N) is 1. The summed E-state index contributed by atoms with van der Waals surface area (Å²) in [5.41, 5.74) is 2.28. The van der Waals surface area contributed by atoms with E-state index in [4.69, 9.17) is 9.84 Å². The highest BCUT2D eigenvalue weighted by Gasteiger charge is 2.17. The van der Waals surface area contributed by atoms with E-state index in [9.17, 15) is 9.59 Å². The Bertz CT molecular complexity index is 958. The quantitative estimate of drug-likeness (QED) is 0.447. The van der Waals surface area contributed by atoms with Crippen LogP contribution in [0.4, 0.5) is 0 Å². The Labute approximate surface area is 158 Å². The number of para-hydroxylation sites is 1. The van der Waals surface area contributed by atoms with Gasteiger partial charge in [0.15, 0.2) is 5.78 Å². The number of ketones is 1. The second-order valence-corrected chi connectivity index (χ2v) is 6.52. The van der Waals surface area contributed by atoms with Crippen LogP contribution in [0.25, 0.3) is 10.9 Å². The van der Waals surface area contributed by atoms with Crippen molar-refractivity contribution >= 4 is 22.7 Å². The number of fused-ring (bicyclic) bond motifs is 1. The van der Waals surface area contributed by atoms with E-state index in [1.807, 2.05) is 42.6 Å². The lowest BCUT2D eigenvalue weighted by molar-refractivity contribution is -0.137. The van der Waals surface area contributed by atoms with E-state index in [1.54, 1.807) is 19.2 Å². The molecule has 2 aromatic carbocycles. The lowest BCUT2D eigenvalue weighted by atomic mass is 10.0. The molecule has 0 aliphatic carbocycles. The highest BCUT2D eigenvalue weighted by Crippen LogP contribution is 2.25. The Morgan fingerprint density at radius 2 is 1.85 bits per heavy atom. The first kappa shape index (κ1) is 18.7. The molecule has 0 fully saturated rings. The van der Waals surface area contributed by atoms with E-state index in [-0.39, 0.29) is 12.2 Å². The highest BCUT2D eigenvalue weighted by atomic mass is 16.5. The minimum Gasteiger partial charge on any atom is -0.497 e. The average Bonchev–Trinajstić information content (AvgIpc) is 3.06. The zero-order chi connectivity index (χ0) is 19.2. The fourth-order valence-corrected chi connectivity index (χ4v) is 3.27. The summed E-state index contributed by atoms with van der Waals surface area (Å²) in [6.45, 7) is 0.755. The van der Waals surface area contributed by atoms with Crippen LogP contribution in [0.15, 0.2) is 54.7 Å². The molecule has 0 amide bonds. The molecule has 1 heterocycles. The summed E-state index contributed by atoms with van der Waals surface area (Å²) < 4.78 is 7.31. The number of aliphatic carboxylic acids is 1. The van der Waals surface area contributed by atoms with E-state index in [0.717, 1.165) is 30.3 Å². The standard InChI is InChI=1S/C22H23NO4/c1-27-17-9-7-8-16(14-17)22(26)19-15-23(13-6-2-3-12-21(24)25)20-11-5-4-10-18(19)20/h4-5,7-11,14-15H,2-3,6,12-13H2,1H3,(H,24,25). The first-order chi connectivity index (χ1) is 13.1. The van der Waals surface area contributed by atoms with Gasteiger partial charge in [-0.1, -0.05) is 36.8 Å². The number of carbonyl (C=O) groups is 2. The zero-order valence-corrected chi connectivity index (χ0v) is 15.4. The average molecular weight is 365 g/mol. The predicted molar refractivity (Wildman–Crippen MR) is 104 cm³/mol. The number of aryl methyl sites for hydroxylation is 1. The third-order valence-electron chi connectivity index (χ3n) is 4.65. The molecule has 0 spiro atoms. The van der Waals surface area contributed by atoms with Gasteiger partial charge in [-0.3, -0.25) is 9.59 Å². The van der Waals surface area contributed by atoms with Crippen molar-refractivity contribution in [3.8, 4) is 5.75 Å². The summed E-state index contributed by atoms with van der Waals surface area (Å²) in [5.74, 6) is -0.134. The minimum atomic E-state index is -0.757. The molecule has 5 heteroatoms. The van der Waals surface area contributed by atoms with Gasteiger partial charge in [-0.05, 0) is 31.0 Å². The van der Waals surface area contributed by atoms with Crippen LogP contribution in [0.2, 0.25) is 0 Å². The van der Waals surface area contributed by atoms with Crippen LogP contribution in [0.5, 0.6) is 5.75 Å². The third kappa shape index (κ3) is 4.37. The lowest BCUT2D eigenvalue weighted by Gasteiger charge is -2.04. The van der Waals surface area contributed by atoms with Crippen molar-refractivity contribution in [2.75, 3.05) is 7.11 Å². The maximum Gasteiger partial charge on any atom is 0.303 e. The fourth-order valence-electron chi connectivity index (χ4n) is 3.27. The molecule has 0 saturated carbocycles. The molecular weight excluding hydrogens is 342 g/mol. The van der Waals surface area contributed by atoms with E-state index in [2.05, 4.69) is 4.57 Å². The molecular formula is C22H23NO4. The Morgan fingerprint density at radius 1 is 1.04 bits per heavy atom. The van der Waals surface area contributed by atoms with E-state index in [1.165, 1.54) is 0 Å². The Balaban J connectivity index is 1.83. The van der Waals surface area contributed by atoms with Crippen molar-refractivity contribution in [2.45, 2.75) is 32.2 Å². The molecule has 1 N–H and O–H groups in total. The van der Waals surface area contributed by atoms with Gasteiger partial charge in [-0.2, -0.15) is 0 Å². The molecule has 0 unspecified atom stereocenters. The fraction of sp³-hybridized carbons (Fsp3) is 0.273. The number of carboxylic acids is 1. The first-order valence-corrected chi connectivity index (χ1v) is 9.08. The van der Waals surface area contributed by atoms with Gasteiger partial charge in [0.25, 0.3) is 0 Å². The second kappa shape index (κ2) is 8.54. The first-order valence-electron chi connectivity index (χ1n) is 9.08. The van der Waals surface area contributed by atoms with Crippen molar-refractivity contribution in [1.29, 1.82) is 0 Å². The topological polar surface area (TPSA) is 68.5 Å².